The molecule has 5 N–H and O–H groups in total. The van der Waals surface area contributed by atoms with E-state index in [9.17, 15) is 28.0 Å². The van der Waals surface area contributed by atoms with Crippen LogP contribution in [0.2, 0.25) is 0 Å². The lowest BCUT2D eigenvalue weighted by Crippen LogP contribution is -2.54. The minimum Gasteiger partial charge on any atom is -0.352 e. The first-order valence-electron chi connectivity index (χ1n) is 20.8. The fourth-order valence-electron chi connectivity index (χ4n) is 8.58. The number of H-pyrrole nitrogens is 1. The van der Waals surface area contributed by atoms with E-state index in [0.717, 1.165) is 0 Å². The SMILES string of the molecule is CC[C@H](NC(=O)[C@H](C)NC)C(=O)N1C[C@@H](F)C[C@H]1Cc1c(-c2nc3cc(F)ccc3n2C[C@@H]2[C@@H](C)[C@@H](C)CN2C(=O)[C@H](CC)NC(=O)[C@H](C)NC)[nH]c2cc(F)ccc12. The second-order valence-corrected chi connectivity index (χ2v) is 16.4. The van der Waals surface area contributed by atoms with Gasteiger partial charge in [0, 0.05) is 42.5 Å². The van der Waals surface area contributed by atoms with E-state index in [-0.39, 0.29) is 67.4 Å². The Morgan fingerprint density at radius 1 is 0.864 bits per heavy atom. The van der Waals surface area contributed by atoms with Crippen LogP contribution in [0.25, 0.3) is 33.5 Å². The summed E-state index contributed by atoms with van der Waals surface area (Å²) in [4.78, 5) is 65.7. The fourth-order valence-corrected chi connectivity index (χ4v) is 8.58. The van der Waals surface area contributed by atoms with Crippen LogP contribution < -0.4 is 21.3 Å². The molecule has 0 saturated carbocycles. The third-order valence-electron chi connectivity index (χ3n) is 12.6. The Morgan fingerprint density at radius 3 is 2.07 bits per heavy atom. The van der Waals surface area contributed by atoms with Crippen molar-refractivity contribution in [3.63, 3.8) is 0 Å². The van der Waals surface area contributed by atoms with Crippen LogP contribution in [0.4, 0.5) is 13.2 Å². The molecule has 2 saturated heterocycles. The Bertz CT molecular complexity index is 2190. The number of imidazole rings is 1. The van der Waals surface area contributed by atoms with Gasteiger partial charge in [0.1, 0.15) is 29.9 Å². The summed E-state index contributed by atoms with van der Waals surface area (Å²) in [5.41, 5.74) is 2.60. The number of carbonyl (C=O) groups is 4. The van der Waals surface area contributed by atoms with Crippen LogP contribution in [-0.4, -0.2) is 118 Å². The second-order valence-electron chi connectivity index (χ2n) is 16.4. The molecule has 0 bridgehead atoms. The average molecular weight is 822 g/mol. The number of hydrogen-bond acceptors (Lipinski definition) is 7. The van der Waals surface area contributed by atoms with Crippen molar-refractivity contribution in [1.82, 2.24) is 45.6 Å². The second kappa shape index (κ2) is 18.1. The van der Waals surface area contributed by atoms with Gasteiger partial charge in [0.15, 0.2) is 5.82 Å². The molecule has 6 rings (SSSR count). The quantitative estimate of drug-likeness (QED) is 0.119. The van der Waals surface area contributed by atoms with Gasteiger partial charge < -0.3 is 40.6 Å². The first-order chi connectivity index (χ1) is 28.1. The number of hydrogen-bond donors (Lipinski definition) is 5. The summed E-state index contributed by atoms with van der Waals surface area (Å²) >= 11 is 0. The summed E-state index contributed by atoms with van der Waals surface area (Å²) in [6, 6.07) is 5.09. The predicted molar refractivity (Wildman–Crippen MR) is 221 cm³/mol. The molecule has 0 unspecified atom stereocenters. The van der Waals surface area contributed by atoms with Crippen molar-refractivity contribution < 1.29 is 32.3 Å². The lowest BCUT2D eigenvalue weighted by Gasteiger charge is -2.32. The zero-order valence-corrected chi connectivity index (χ0v) is 35.2. The molecular weight excluding hydrogens is 764 g/mol. The number of aromatic nitrogens is 3. The number of benzene rings is 2. The Kier molecular flexibility index (Phi) is 13.4. The van der Waals surface area contributed by atoms with Gasteiger partial charge in [-0.1, -0.05) is 27.7 Å². The number of nitrogens with zero attached hydrogens (tertiary/aromatic N) is 4. The van der Waals surface area contributed by atoms with Gasteiger partial charge in [0.25, 0.3) is 0 Å². The number of likely N-dealkylation sites (N-methyl/N-ethyl adjacent to an activating group) is 2. The van der Waals surface area contributed by atoms with Gasteiger partial charge >= 0.3 is 0 Å². The lowest BCUT2D eigenvalue weighted by atomic mass is 9.94. The molecular formula is C43H58F3N9O4. The summed E-state index contributed by atoms with van der Waals surface area (Å²) < 4.78 is 47.0. The number of likely N-dealkylation sites (tertiary alicyclic amines) is 2. The van der Waals surface area contributed by atoms with Crippen molar-refractivity contribution in [2.24, 2.45) is 11.8 Å². The Balaban J connectivity index is 1.42. The molecule has 4 aromatic rings. The van der Waals surface area contributed by atoms with Crippen molar-refractivity contribution in [3.8, 4) is 11.5 Å². The molecule has 0 aliphatic carbocycles. The van der Waals surface area contributed by atoms with Crippen LogP contribution in [0.3, 0.4) is 0 Å². The van der Waals surface area contributed by atoms with E-state index in [1.165, 1.54) is 29.2 Å². The van der Waals surface area contributed by atoms with Crippen molar-refractivity contribution in [2.45, 2.75) is 116 Å². The topological polar surface area (TPSA) is 156 Å². The number of halogens is 3. The molecule has 2 aliphatic heterocycles. The van der Waals surface area contributed by atoms with E-state index in [0.29, 0.717) is 58.4 Å². The highest BCUT2D eigenvalue weighted by Gasteiger charge is 2.43. The van der Waals surface area contributed by atoms with Gasteiger partial charge in [-0.3, -0.25) is 19.2 Å². The van der Waals surface area contributed by atoms with E-state index < -0.39 is 48.0 Å². The summed E-state index contributed by atoms with van der Waals surface area (Å²) in [6.07, 6.45) is -0.389. The number of fused-ring (bicyclic) bond motifs is 2. The van der Waals surface area contributed by atoms with E-state index in [1.54, 1.807) is 47.0 Å². The zero-order chi connectivity index (χ0) is 42.9. The lowest BCUT2D eigenvalue weighted by molar-refractivity contribution is -0.138. The average Bonchev–Trinajstić information content (AvgIpc) is 3.95. The standard InChI is InChI=1S/C43H58F3N9O4/c1-9-32(51-40(56)24(5)47-7)42(58)53-20-28(46)15-29(53)18-31-30-13-11-26(44)16-34(30)49-38(31)39-50-35-17-27(45)12-14-36(35)54(39)21-37-23(4)22(3)19-55(37)43(59)33(10-2)52-41(57)25(6)48-8/h11-14,16-17,22-25,28-29,32-33,37,47-49H,9-10,15,18-21H2,1-8H3,(H,51,56)(H,52,57)/t22-,23-,24-,25-,28-,29-,32-,33-,37+/m0/s1. The minimum atomic E-state index is -1.31. The molecule has 16 heteroatoms. The normalized spacial score (nSPS) is 22.8. The Morgan fingerprint density at radius 2 is 1.46 bits per heavy atom. The molecule has 13 nitrogen and oxygen atoms in total. The maximum Gasteiger partial charge on any atom is 0.245 e. The molecule has 2 aromatic heterocycles. The summed E-state index contributed by atoms with van der Waals surface area (Å²) in [6.45, 7) is 11.8. The number of aromatic amines is 1. The van der Waals surface area contributed by atoms with E-state index in [2.05, 4.69) is 40.1 Å². The highest BCUT2D eigenvalue weighted by molar-refractivity contribution is 5.93. The number of rotatable bonds is 15. The molecule has 2 fully saturated rings. The van der Waals surface area contributed by atoms with Gasteiger partial charge in [-0.05, 0) is 94.9 Å². The van der Waals surface area contributed by atoms with Crippen LogP contribution >= 0.6 is 0 Å². The maximum atomic E-state index is 15.4. The van der Waals surface area contributed by atoms with Crippen LogP contribution in [0.5, 0.6) is 0 Å². The summed E-state index contributed by atoms with van der Waals surface area (Å²) in [5, 5.41) is 12.2. The monoisotopic (exact) mass is 821 g/mol. The smallest absolute Gasteiger partial charge is 0.245 e. The predicted octanol–water partition coefficient (Wildman–Crippen LogP) is 4.43. The highest BCUT2D eigenvalue weighted by Crippen LogP contribution is 2.38. The van der Waals surface area contributed by atoms with Crippen molar-refractivity contribution in [2.75, 3.05) is 27.2 Å². The third-order valence-corrected chi connectivity index (χ3v) is 12.6. The minimum absolute atomic E-state index is 0.0214. The third kappa shape index (κ3) is 8.84. The number of amides is 4. The molecule has 2 aromatic carbocycles. The van der Waals surface area contributed by atoms with Crippen molar-refractivity contribution >= 4 is 45.6 Å². The zero-order valence-electron chi connectivity index (χ0n) is 35.2. The van der Waals surface area contributed by atoms with Gasteiger partial charge in [0.05, 0.1) is 41.4 Å². The Hall–Kier alpha value is -4.96. The largest absolute Gasteiger partial charge is 0.352 e. The molecule has 4 amide bonds. The Labute approximate surface area is 343 Å². The first kappa shape index (κ1) is 43.6. The summed E-state index contributed by atoms with van der Waals surface area (Å²) in [5.74, 6) is -1.62. The van der Waals surface area contributed by atoms with Gasteiger partial charge in [-0.2, -0.15) is 0 Å². The highest BCUT2D eigenvalue weighted by atomic mass is 19.1. The fraction of sp³-hybridized carbons (Fsp3) is 0.558. The van der Waals surface area contributed by atoms with E-state index >= 15 is 4.39 Å². The summed E-state index contributed by atoms with van der Waals surface area (Å²) in [7, 11) is 3.33. The van der Waals surface area contributed by atoms with E-state index in [1.807, 2.05) is 16.4 Å². The molecule has 4 heterocycles. The van der Waals surface area contributed by atoms with Crippen LogP contribution in [0.1, 0.15) is 66.4 Å². The maximum absolute atomic E-state index is 15.4. The number of nitrogens with one attached hydrogen (secondary N) is 5. The number of alkyl halides is 1. The van der Waals surface area contributed by atoms with E-state index in [4.69, 9.17) is 4.98 Å². The first-order valence-corrected chi connectivity index (χ1v) is 20.8. The van der Waals surface area contributed by atoms with Crippen LogP contribution in [-0.2, 0) is 32.1 Å². The van der Waals surface area contributed by atoms with Gasteiger partial charge in [0.2, 0.25) is 23.6 Å². The molecule has 59 heavy (non-hydrogen) atoms. The van der Waals surface area contributed by atoms with Crippen molar-refractivity contribution in [1.29, 1.82) is 0 Å². The molecule has 9 atom stereocenters. The van der Waals surface area contributed by atoms with Crippen molar-refractivity contribution in [3.05, 3.63) is 53.6 Å². The van der Waals surface area contributed by atoms with Gasteiger partial charge in [-0.15, -0.1) is 0 Å². The van der Waals surface area contributed by atoms with Gasteiger partial charge in [-0.25, -0.2) is 18.2 Å². The number of carbonyl (C=O) groups excluding carboxylic acids is 4. The molecule has 0 spiro atoms. The van der Waals surface area contributed by atoms with Crippen LogP contribution in [0, 0.1) is 23.5 Å². The molecule has 0 radical (unpaired) electrons. The molecule has 320 valence electrons. The van der Waals surface area contributed by atoms with Crippen LogP contribution in [0.15, 0.2) is 36.4 Å². The molecule has 2 aliphatic rings.